The largest absolute Gasteiger partial charge is 0.465 e. The molecule has 5 rings (SSSR count). The second-order valence-electron chi connectivity index (χ2n) is 9.98. The number of esters is 1. The third kappa shape index (κ3) is 7.05. The number of nitrogens with two attached hydrogens (primary N) is 1. The number of amides is 1. The second kappa shape index (κ2) is 14.1. The summed E-state index contributed by atoms with van der Waals surface area (Å²) in [6.45, 7) is 1.49. The maximum Gasteiger partial charge on any atom is 0.420 e. The maximum absolute atomic E-state index is 13.6. The van der Waals surface area contributed by atoms with Gasteiger partial charge in [0.05, 0.1) is 17.8 Å². The lowest BCUT2D eigenvalue weighted by Crippen LogP contribution is -2.38. The van der Waals surface area contributed by atoms with Crippen LogP contribution in [0.2, 0.25) is 0 Å². The lowest BCUT2D eigenvalue weighted by Gasteiger charge is -2.22. The van der Waals surface area contributed by atoms with Crippen LogP contribution in [0.3, 0.4) is 0 Å². The van der Waals surface area contributed by atoms with Gasteiger partial charge in [0.2, 0.25) is 0 Å². The zero-order valence-corrected chi connectivity index (χ0v) is 26.6. The lowest BCUT2D eigenvalue weighted by molar-refractivity contribution is -0.141. The normalized spacial score (nSPS) is 10.7. The third-order valence-corrected chi connectivity index (χ3v) is 7.09. The number of nitrogens with zero attached hydrogens (tertiary/aromatic N) is 3. The van der Waals surface area contributed by atoms with E-state index in [0.717, 1.165) is 16.5 Å². The summed E-state index contributed by atoms with van der Waals surface area (Å²) in [6.07, 6.45) is 3.38. The molecule has 0 atom stereocenters. The number of nitrogens with one attached hydrogen (secondary N) is 1. The predicted molar refractivity (Wildman–Crippen MR) is 180 cm³/mol. The van der Waals surface area contributed by atoms with Crippen LogP contribution < -0.4 is 15.4 Å². The zero-order valence-electron chi connectivity index (χ0n) is 24.3. The molecule has 0 fully saturated rings. The maximum atomic E-state index is 13.6. The van der Waals surface area contributed by atoms with Crippen LogP contribution >= 0.6 is 24.0 Å². The van der Waals surface area contributed by atoms with E-state index in [4.69, 9.17) is 20.6 Å². The lowest BCUT2D eigenvalue weighted by atomic mass is 10.0. The van der Waals surface area contributed by atoms with Gasteiger partial charge in [-0.15, -0.1) is 24.0 Å². The Hall–Kier alpha value is -4.78. The molecule has 0 aliphatic rings. The molecule has 44 heavy (non-hydrogen) atoms. The van der Waals surface area contributed by atoms with E-state index in [2.05, 4.69) is 4.98 Å². The van der Waals surface area contributed by atoms with Crippen LogP contribution in [-0.2, 0) is 23.0 Å². The number of carbonyl (C=O) groups excluding carboxylic acids is 3. The fraction of sp³-hybridized carbons (Fsp3) is 0.182. The van der Waals surface area contributed by atoms with E-state index in [-0.39, 0.29) is 60.9 Å². The van der Waals surface area contributed by atoms with Crippen molar-refractivity contribution in [3.8, 4) is 5.75 Å². The molecule has 2 heterocycles. The van der Waals surface area contributed by atoms with Gasteiger partial charge in [-0.25, -0.2) is 4.79 Å². The number of para-hydroxylation sites is 1. The molecule has 0 aliphatic heterocycles. The van der Waals surface area contributed by atoms with Crippen molar-refractivity contribution < 1.29 is 23.9 Å². The molecule has 0 radical (unpaired) electrons. The van der Waals surface area contributed by atoms with E-state index in [0.29, 0.717) is 34.1 Å². The highest BCUT2D eigenvalue weighted by Gasteiger charge is 2.25. The van der Waals surface area contributed by atoms with Crippen LogP contribution in [0.4, 0.5) is 10.5 Å². The predicted octanol–water partition coefficient (Wildman–Crippen LogP) is 6.01. The number of rotatable bonds is 10. The van der Waals surface area contributed by atoms with Crippen LogP contribution in [0.1, 0.15) is 34.8 Å². The van der Waals surface area contributed by atoms with Gasteiger partial charge in [-0.2, -0.15) is 0 Å². The molecule has 0 unspecified atom stereocenters. The van der Waals surface area contributed by atoms with Gasteiger partial charge in [0.1, 0.15) is 18.1 Å². The first-order valence-corrected chi connectivity index (χ1v) is 13.8. The Morgan fingerprint density at radius 2 is 1.77 bits per heavy atom. The number of hydrogen-bond acceptors (Lipinski definition) is 7. The average Bonchev–Trinajstić information content (AvgIpc) is 3.34. The van der Waals surface area contributed by atoms with Crippen molar-refractivity contribution >= 4 is 75.2 Å². The van der Waals surface area contributed by atoms with Gasteiger partial charge in [-0.05, 0) is 49.2 Å². The number of pyridine rings is 1. The Bertz CT molecular complexity index is 1850. The summed E-state index contributed by atoms with van der Waals surface area (Å²) in [4.78, 5) is 45.0. The minimum Gasteiger partial charge on any atom is -0.465 e. The summed E-state index contributed by atoms with van der Waals surface area (Å²) in [7, 11) is 1.85. The first-order valence-electron chi connectivity index (χ1n) is 13.8. The van der Waals surface area contributed by atoms with Crippen molar-refractivity contribution in [1.29, 1.82) is 5.41 Å². The van der Waals surface area contributed by atoms with E-state index < -0.39 is 12.1 Å². The number of hydrogen-bond donors (Lipinski definition) is 2. The first-order chi connectivity index (χ1) is 20.7. The molecule has 0 saturated heterocycles. The minimum absolute atomic E-state index is 0. The van der Waals surface area contributed by atoms with Gasteiger partial charge < -0.3 is 19.8 Å². The molecule has 2 aromatic heterocycles. The quantitative estimate of drug-likeness (QED) is 0.0596. The Labute approximate surface area is 271 Å². The van der Waals surface area contributed by atoms with E-state index in [1.807, 2.05) is 35.9 Å². The highest BCUT2D eigenvalue weighted by molar-refractivity contribution is 14.0. The number of benzene rings is 3. The van der Waals surface area contributed by atoms with Gasteiger partial charge in [-0.1, -0.05) is 42.5 Å². The Balaban J connectivity index is 0.00000442. The van der Waals surface area contributed by atoms with Crippen LogP contribution in [-0.4, -0.2) is 46.4 Å². The fourth-order valence-electron chi connectivity index (χ4n) is 4.95. The summed E-state index contributed by atoms with van der Waals surface area (Å²) in [6, 6.07) is 21.3. The number of ether oxygens (including phenoxy) is 2. The molecule has 5 aromatic rings. The number of ketones is 1. The molecular weight excluding hydrogens is 673 g/mol. The first kappa shape index (κ1) is 32.1. The van der Waals surface area contributed by atoms with Crippen molar-refractivity contribution in [2.45, 2.75) is 19.8 Å². The summed E-state index contributed by atoms with van der Waals surface area (Å²) in [5.41, 5.74) is 9.37. The van der Waals surface area contributed by atoms with Crippen molar-refractivity contribution in [3.05, 3.63) is 102 Å². The number of nitrogen functional groups attached to an aromatic ring is 1. The van der Waals surface area contributed by atoms with E-state index in [9.17, 15) is 14.4 Å². The van der Waals surface area contributed by atoms with E-state index >= 15 is 0 Å². The molecule has 11 heteroatoms. The Kier molecular flexibility index (Phi) is 10.3. The van der Waals surface area contributed by atoms with Crippen LogP contribution in [0.15, 0.2) is 85.2 Å². The topological polar surface area (TPSA) is 141 Å². The van der Waals surface area contributed by atoms with Gasteiger partial charge in [0.25, 0.3) is 0 Å². The summed E-state index contributed by atoms with van der Waals surface area (Å²) < 4.78 is 12.7. The van der Waals surface area contributed by atoms with Gasteiger partial charge in [0, 0.05) is 53.3 Å². The Morgan fingerprint density at radius 3 is 2.50 bits per heavy atom. The van der Waals surface area contributed by atoms with Gasteiger partial charge in [0.15, 0.2) is 5.78 Å². The number of fused-ring (bicyclic) bond motifs is 2. The van der Waals surface area contributed by atoms with Crippen molar-refractivity contribution in [1.82, 2.24) is 9.55 Å². The molecule has 1 amide bonds. The van der Waals surface area contributed by atoms with Gasteiger partial charge >= 0.3 is 12.1 Å². The van der Waals surface area contributed by atoms with Crippen molar-refractivity contribution in [3.63, 3.8) is 0 Å². The molecule has 3 N–H and O–H groups in total. The summed E-state index contributed by atoms with van der Waals surface area (Å²) in [5, 5.41) is 8.98. The monoisotopic (exact) mass is 705 g/mol. The highest BCUT2D eigenvalue weighted by Crippen LogP contribution is 2.29. The second-order valence-corrected chi connectivity index (χ2v) is 9.98. The molecule has 0 saturated carbocycles. The highest BCUT2D eigenvalue weighted by atomic mass is 127. The zero-order chi connectivity index (χ0) is 30.5. The summed E-state index contributed by atoms with van der Waals surface area (Å²) in [5.74, 6) is -0.433. The number of aromatic nitrogens is 2. The molecule has 3 aromatic carbocycles. The number of amidine groups is 1. The molecule has 0 spiro atoms. The minimum atomic E-state index is -0.789. The summed E-state index contributed by atoms with van der Waals surface area (Å²) >= 11 is 0. The molecule has 0 aliphatic carbocycles. The average molecular weight is 706 g/mol. The van der Waals surface area contributed by atoms with E-state index in [1.165, 1.54) is 4.90 Å². The van der Waals surface area contributed by atoms with Gasteiger partial charge in [-0.3, -0.25) is 24.9 Å². The molecule has 0 bridgehead atoms. The van der Waals surface area contributed by atoms with E-state index in [1.54, 1.807) is 67.8 Å². The standard InChI is InChI=1S/C33H31N5O5.HI/c1-3-42-30(40)20-38(28-8-4-6-22-7-5-17-36-31(22)28)33(41)43-24-14-15-27-25(18-24)26(19-37(27)2)29(39)16-11-21-9-12-23(13-10-21)32(34)35;/h4-10,12-15,17-19H,3,11,16,20H2,1-2H3,(H3,34,35);1H. The SMILES string of the molecule is CCOC(=O)CN(C(=O)Oc1ccc2c(c1)c(C(=O)CCc1ccc(C(=N)N)cc1)cn2C)c1cccc2cccnc12.I. The Morgan fingerprint density at radius 1 is 1.02 bits per heavy atom. The molecule has 226 valence electrons. The van der Waals surface area contributed by atoms with Crippen molar-refractivity contribution in [2.75, 3.05) is 18.1 Å². The number of carbonyl (C=O) groups is 3. The van der Waals surface area contributed by atoms with Crippen LogP contribution in [0.5, 0.6) is 5.75 Å². The third-order valence-electron chi connectivity index (χ3n) is 7.09. The number of halogens is 1. The van der Waals surface area contributed by atoms with Crippen LogP contribution in [0, 0.1) is 5.41 Å². The van der Waals surface area contributed by atoms with Crippen LogP contribution in [0.25, 0.3) is 21.8 Å². The van der Waals surface area contributed by atoms with Crippen molar-refractivity contribution in [2.24, 2.45) is 12.8 Å². The smallest absolute Gasteiger partial charge is 0.420 e. The number of aryl methyl sites for hydroxylation is 2. The molecular formula is C33H32IN5O5. The number of anilines is 1. The molecule has 10 nitrogen and oxygen atoms in total. The fourth-order valence-corrected chi connectivity index (χ4v) is 4.95. The number of Topliss-reactive ketones (excluding diaryl/α,β-unsaturated/α-hetero) is 1.